The number of carboxylic acid groups (broad SMARTS) is 1. The molecule has 0 atom stereocenters. The van der Waals surface area contributed by atoms with Gasteiger partial charge in [-0.1, -0.05) is 16.8 Å². The number of aromatic nitrogens is 1. The van der Waals surface area contributed by atoms with E-state index in [9.17, 15) is 9.18 Å². The summed E-state index contributed by atoms with van der Waals surface area (Å²) in [6, 6.07) is 12.2. The van der Waals surface area contributed by atoms with E-state index in [1.54, 1.807) is 24.3 Å². The van der Waals surface area contributed by atoms with Crippen molar-refractivity contribution in [1.29, 1.82) is 0 Å². The minimum atomic E-state index is -1.18. The standard InChI is InChI=1S/C17H11ClFNO4/c18-14-6-3-12(19)7-11(14)9-23-13-4-1-10(2-5-13)15-8-16(17(21)22)24-20-15/h1-8H,9H2,(H,21,22). The van der Waals surface area contributed by atoms with Crippen LogP contribution in [0.1, 0.15) is 16.1 Å². The van der Waals surface area contributed by atoms with Crippen LogP contribution in [0, 0.1) is 5.82 Å². The Hall–Kier alpha value is -2.86. The quantitative estimate of drug-likeness (QED) is 0.740. The fourth-order valence-corrected chi connectivity index (χ4v) is 2.22. The zero-order valence-corrected chi connectivity index (χ0v) is 13.0. The Balaban J connectivity index is 1.70. The zero-order valence-electron chi connectivity index (χ0n) is 12.2. The van der Waals surface area contributed by atoms with Crippen LogP contribution in [0.15, 0.2) is 53.1 Å². The second-order valence-corrected chi connectivity index (χ2v) is 5.34. The normalized spacial score (nSPS) is 10.6. The van der Waals surface area contributed by atoms with Crippen LogP contribution < -0.4 is 4.74 Å². The van der Waals surface area contributed by atoms with Gasteiger partial charge in [0.25, 0.3) is 0 Å². The summed E-state index contributed by atoms with van der Waals surface area (Å²) in [7, 11) is 0. The molecule has 24 heavy (non-hydrogen) atoms. The smallest absolute Gasteiger partial charge is 0.374 e. The van der Waals surface area contributed by atoms with E-state index in [0.717, 1.165) is 0 Å². The number of ether oxygens (including phenoxy) is 1. The van der Waals surface area contributed by atoms with Gasteiger partial charge in [0.05, 0.1) is 0 Å². The largest absolute Gasteiger partial charge is 0.489 e. The first kappa shape index (κ1) is 16.0. The molecule has 7 heteroatoms. The summed E-state index contributed by atoms with van der Waals surface area (Å²) in [4.78, 5) is 10.8. The third kappa shape index (κ3) is 3.55. The van der Waals surface area contributed by atoms with Crippen molar-refractivity contribution in [2.75, 3.05) is 0 Å². The molecule has 1 aromatic heterocycles. The molecular weight excluding hydrogens is 337 g/mol. The van der Waals surface area contributed by atoms with Gasteiger partial charge in [0.1, 0.15) is 23.9 Å². The summed E-state index contributed by atoms with van der Waals surface area (Å²) < 4.78 is 23.5. The van der Waals surface area contributed by atoms with Gasteiger partial charge in [-0.2, -0.15) is 0 Å². The summed E-state index contributed by atoms with van der Waals surface area (Å²) in [5, 5.41) is 12.9. The molecule has 0 unspecified atom stereocenters. The molecule has 0 aliphatic rings. The summed E-state index contributed by atoms with van der Waals surface area (Å²) >= 11 is 5.98. The SMILES string of the molecule is O=C(O)c1cc(-c2ccc(OCc3cc(F)ccc3Cl)cc2)no1. The van der Waals surface area contributed by atoms with E-state index in [2.05, 4.69) is 5.16 Å². The van der Waals surface area contributed by atoms with Crippen LogP contribution in [-0.2, 0) is 6.61 Å². The van der Waals surface area contributed by atoms with Crippen molar-refractivity contribution >= 4 is 17.6 Å². The predicted molar refractivity (Wildman–Crippen MR) is 84.6 cm³/mol. The molecule has 2 aromatic carbocycles. The molecule has 0 aliphatic carbocycles. The highest BCUT2D eigenvalue weighted by Crippen LogP contribution is 2.24. The van der Waals surface area contributed by atoms with Crippen molar-refractivity contribution in [1.82, 2.24) is 5.16 Å². The van der Waals surface area contributed by atoms with Gasteiger partial charge >= 0.3 is 5.97 Å². The number of hydrogen-bond donors (Lipinski definition) is 1. The molecule has 0 amide bonds. The van der Waals surface area contributed by atoms with E-state index in [-0.39, 0.29) is 18.2 Å². The van der Waals surface area contributed by atoms with Crippen molar-refractivity contribution in [2.45, 2.75) is 6.61 Å². The highest BCUT2D eigenvalue weighted by Gasteiger charge is 2.12. The second kappa shape index (κ2) is 6.72. The Bertz CT molecular complexity index is 877. The third-order valence-electron chi connectivity index (χ3n) is 3.27. The molecular formula is C17H11ClFNO4. The topological polar surface area (TPSA) is 72.6 Å². The van der Waals surface area contributed by atoms with Gasteiger partial charge in [0.2, 0.25) is 5.76 Å². The Kier molecular flexibility index (Phi) is 4.48. The van der Waals surface area contributed by atoms with E-state index in [1.807, 2.05) is 0 Å². The van der Waals surface area contributed by atoms with Crippen LogP contribution in [-0.4, -0.2) is 16.2 Å². The van der Waals surface area contributed by atoms with Crippen molar-refractivity contribution in [2.24, 2.45) is 0 Å². The molecule has 3 aromatic rings. The lowest BCUT2D eigenvalue weighted by atomic mass is 10.1. The lowest BCUT2D eigenvalue weighted by Gasteiger charge is -2.08. The third-order valence-corrected chi connectivity index (χ3v) is 3.64. The maximum Gasteiger partial charge on any atom is 0.374 e. The van der Waals surface area contributed by atoms with Crippen molar-refractivity contribution in [3.05, 3.63) is 70.7 Å². The zero-order chi connectivity index (χ0) is 17.1. The second-order valence-electron chi connectivity index (χ2n) is 4.93. The van der Waals surface area contributed by atoms with Crippen molar-refractivity contribution in [3.8, 4) is 17.0 Å². The van der Waals surface area contributed by atoms with Gasteiger partial charge in [-0.05, 0) is 42.5 Å². The maximum atomic E-state index is 13.2. The van der Waals surface area contributed by atoms with Crippen molar-refractivity contribution in [3.63, 3.8) is 0 Å². The molecule has 0 bridgehead atoms. The molecule has 0 saturated carbocycles. The van der Waals surface area contributed by atoms with Crippen LogP contribution >= 0.6 is 11.6 Å². The van der Waals surface area contributed by atoms with E-state index < -0.39 is 5.97 Å². The average molecular weight is 348 g/mol. The number of carboxylic acids is 1. The first-order valence-electron chi connectivity index (χ1n) is 6.90. The molecule has 0 aliphatic heterocycles. The fraction of sp³-hybridized carbons (Fsp3) is 0.0588. The van der Waals surface area contributed by atoms with Crippen molar-refractivity contribution < 1.29 is 23.6 Å². The number of halogens is 2. The highest BCUT2D eigenvalue weighted by molar-refractivity contribution is 6.31. The van der Waals surface area contributed by atoms with Gasteiger partial charge in [-0.3, -0.25) is 0 Å². The summed E-state index contributed by atoms with van der Waals surface area (Å²) in [5.41, 5.74) is 1.64. The predicted octanol–water partition coefficient (Wildman–Crippen LogP) is 4.41. The van der Waals surface area contributed by atoms with Crippen LogP contribution in [0.2, 0.25) is 5.02 Å². The fourth-order valence-electron chi connectivity index (χ4n) is 2.05. The Labute approximate surface area is 141 Å². The molecule has 0 radical (unpaired) electrons. The van der Waals surface area contributed by atoms with E-state index in [0.29, 0.717) is 27.6 Å². The maximum absolute atomic E-state index is 13.2. The van der Waals surface area contributed by atoms with Crippen LogP contribution in [0.5, 0.6) is 5.75 Å². The first-order chi connectivity index (χ1) is 11.5. The van der Waals surface area contributed by atoms with E-state index in [4.69, 9.17) is 26.0 Å². The number of hydrogen-bond acceptors (Lipinski definition) is 4. The Morgan fingerprint density at radius 3 is 2.62 bits per heavy atom. The van der Waals surface area contributed by atoms with Gasteiger partial charge < -0.3 is 14.4 Å². The molecule has 5 nitrogen and oxygen atoms in total. The minimum absolute atomic E-state index is 0.128. The number of benzene rings is 2. The monoisotopic (exact) mass is 347 g/mol. The molecule has 122 valence electrons. The summed E-state index contributed by atoms with van der Waals surface area (Å²) in [6.07, 6.45) is 0. The molecule has 0 spiro atoms. The summed E-state index contributed by atoms with van der Waals surface area (Å²) in [5.74, 6) is -1.23. The molecule has 1 heterocycles. The van der Waals surface area contributed by atoms with E-state index in [1.165, 1.54) is 24.3 Å². The molecule has 3 rings (SSSR count). The first-order valence-corrected chi connectivity index (χ1v) is 7.28. The Morgan fingerprint density at radius 1 is 1.21 bits per heavy atom. The number of carbonyl (C=O) groups is 1. The number of nitrogens with zero attached hydrogens (tertiary/aromatic N) is 1. The number of aromatic carboxylic acids is 1. The van der Waals surface area contributed by atoms with Gasteiger partial charge in [0, 0.05) is 22.2 Å². The van der Waals surface area contributed by atoms with Crippen LogP contribution in [0.25, 0.3) is 11.3 Å². The molecule has 0 saturated heterocycles. The lowest BCUT2D eigenvalue weighted by Crippen LogP contribution is -1.97. The Morgan fingerprint density at radius 2 is 1.96 bits per heavy atom. The van der Waals surface area contributed by atoms with Crippen LogP contribution in [0.3, 0.4) is 0 Å². The molecule has 0 fully saturated rings. The molecule has 1 N–H and O–H groups in total. The highest BCUT2D eigenvalue weighted by atomic mass is 35.5. The van der Waals surface area contributed by atoms with Gasteiger partial charge in [-0.15, -0.1) is 0 Å². The van der Waals surface area contributed by atoms with Gasteiger partial charge in [-0.25, -0.2) is 9.18 Å². The summed E-state index contributed by atoms with van der Waals surface area (Å²) in [6.45, 7) is 0.128. The lowest BCUT2D eigenvalue weighted by molar-refractivity contribution is 0.0652. The van der Waals surface area contributed by atoms with Crippen LogP contribution in [0.4, 0.5) is 4.39 Å². The van der Waals surface area contributed by atoms with E-state index >= 15 is 0 Å². The van der Waals surface area contributed by atoms with Gasteiger partial charge in [0.15, 0.2) is 0 Å². The minimum Gasteiger partial charge on any atom is -0.489 e. The number of rotatable bonds is 5. The average Bonchev–Trinajstić information content (AvgIpc) is 3.06.